The second-order valence-corrected chi connectivity index (χ2v) is 10.5. The van der Waals surface area contributed by atoms with Crippen LogP contribution in [0, 0.1) is 22.2 Å². The maximum absolute atomic E-state index is 13.6. The quantitative estimate of drug-likeness (QED) is 0.666. The molecule has 2 heterocycles. The zero-order valence-corrected chi connectivity index (χ0v) is 19.8. The first-order chi connectivity index (χ1) is 15.2. The van der Waals surface area contributed by atoms with Gasteiger partial charge in [-0.05, 0) is 42.9 Å². The van der Waals surface area contributed by atoms with Crippen molar-refractivity contribution >= 4 is 17.5 Å². The first-order valence-corrected chi connectivity index (χ1v) is 11.1. The molecule has 6 nitrogen and oxygen atoms in total. The minimum Gasteiger partial charge on any atom is -0.359 e. The molecule has 1 atom stereocenters. The molecule has 9 heteroatoms. The van der Waals surface area contributed by atoms with E-state index in [2.05, 4.69) is 0 Å². The molecule has 3 rings (SSSR count). The number of carbonyl (C=O) groups is 2. The number of halogens is 3. The lowest BCUT2D eigenvalue weighted by Crippen LogP contribution is -2.47. The van der Waals surface area contributed by atoms with Crippen molar-refractivity contribution in [1.82, 2.24) is 9.80 Å². The van der Waals surface area contributed by atoms with Crippen LogP contribution in [0.2, 0.25) is 0 Å². The first kappa shape index (κ1) is 24.9. The molecule has 180 valence electrons. The van der Waals surface area contributed by atoms with Gasteiger partial charge in [0, 0.05) is 44.8 Å². The van der Waals surface area contributed by atoms with Crippen LogP contribution in [0.25, 0.3) is 0 Å². The maximum Gasteiger partial charge on any atom is 0.417 e. The van der Waals surface area contributed by atoms with Crippen LogP contribution in [0.4, 0.5) is 18.9 Å². The average molecular weight is 465 g/mol. The number of anilines is 1. The van der Waals surface area contributed by atoms with Crippen molar-refractivity contribution < 1.29 is 22.8 Å². The Morgan fingerprint density at radius 2 is 1.76 bits per heavy atom. The molecule has 0 saturated carbocycles. The van der Waals surface area contributed by atoms with Gasteiger partial charge in [0.15, 0.2) is 0 Å². The lowest BCUT2D eigenvalue weighted by atomic mass is 9.76. The van der Waals surface area contributed by atoms with Crippen molar-refractivity contribution in [1.29, 1.82) is 5.26 Å². The van der Waals surface area contributed by atoms with E-state index in [1.54, 1.807) is 25.1 Å². The second kappa shape index (κ2) is 8.54. The van der Waals surface area contributed by atoms with Crippen LogP contribution in [-0.2, 0) is 15.8 Å². The summed E-state index contributed by atoms with van der Waals surface area (Å²) in [5.74, 6) is -0.0898. The fourth-order valence-corrected chi connectivity index (χ4v) is 4.91. The van der Waals surface area contributed by atoms with Crippen LogP contribution in [-0.4, -0.2) is 61.4 Å². The van der Waals surface area contributed by atoms with Crippen molar-refractivity contribution in [3.8, 4) is 6.07 Å². The molecule has 2 saturated heterocycles. The first-order valence-electron chi connectivity index (χ1n) is 11.1. The minimum atomic E-state index is -4.67. The SMILES string of the molecule is CN(C)C(=O)C1CC2(CCN(C(=O)C(C)(C)C)CC2)CN1c1ccc(C#N)c(C(F)(F)F)c1. The topological polar surface area (TPSA) is 67.7 Å². The number of alkyl halides is 3. The highest BCUT2D eigenvalue weighted by molar-refractivity contribution is 5.86. The van der Waals surface area contributed by atoms with Crippen LogP contribution in [0.3, 0.4) is 0 Å². The number of nitrogens with zero attached hydrogens (tertiary/aromatic N) is 4. The smallest absolute Gasteiger partial charge is 0.359 e. The van der Waals surface area contributed by atoms with E-state index in [-0.39, 0.29) is 22.9 Å². The molecular formula is C24H31F3N4O2. The van der Waals surface area contributed by atoms with E-state index in [1.165, 1.54) is 17.0 Å². The molecule has 0 aromatic heterocycles. The van der Waals surface area contributed by atoms with Crippen LogP contribution >= 0.6 is 0 Å². The van der Waals surface area contributed by atoms with Gasteiger partial charge in [-0.25, -0.2) is 0 Å². The number of rotatable bonds is 2. The van der Waals surface area contributed by atoms with E-state index in [9.17, 15) is 22.8 Å². The molecule has 2 aliphatic rings. The highest BCUT2D eigenvalue weighted by atomic mass is 19.4. The van der Waals surface area contributed by atoms with Gasteiger partial charge in [0.05, 0.1) is 17.2 Å². The van der Waals surface area contributed by atoms with E-state index in [4.69, 9.17) is 5.26 Å². The predicted octanol–water partition coefficient (Wildman–Crippen LogP) is 3.90. The molecule has 2 fully saturated rings. The molecule has 1 aromatic carbocycles. The van der Waals surface area contributed by atoms with Gasteiger partial charge in [0.25, 0.3) is 0 Å². The molecule has 0 radical (unpaired) electrons. The molecule has 1 unspecified atom stereocenters. The Labute approximate surface area is 192 Å². The van der Waals surface area contributed by atoms with Crippen molar-refractivity contribution in [2.45, 2.75) is 52.3 Å². The maximum atomic E-state index is 13.6. The van der Waals surface area contributed by atoms with Crippen molar-refractivity contribution in [3.63, 3.8) is 0 Å². The third-order valence-corrected chi connectivity index (χ3v) is 6.75. The molecule has 2 aliphatic heterocycles. The van der Waals surface area contributed by atoms with E-state index < -0.39 is 28.8 Å². The fraction of sp³-hybridized carbons (Fsp3) is 0.625. The number of amides is 2. The Hall–Kier alpha value is -2.76. The molecule has 1 spiro atoms. The standard InChI is InChI=1S/C24H31F3N4O2/c1-22(2,3)21(33)30-10-8-23(9-11-30)13-19(20(32)29(4)5)31(15-23)17-7-6-16(14-28)18(12-17)24(25,26)27/h6-7,12,19H,8-11,13,15H2,1-5H3. The Morgan fingerprint density at radius 3 is 2.24 bits per heavy atom. The molecular weight excluding hydrogens is 433 g/mol. The Kier molecular flexibility index (Phi) is 6.44. The summed E-state index contributed by atoms with van der Waals surface area (Å²) < 4.78 is 40.7. The minimum absolute atomic E-state index is 0.0787. The molecule has 2 amide bonds. The summed E-state index contributed by atoms with van der Waals surface area (Å²) in [4.78, 5) is 30.8. The number of likely N-dealkylation sites (N-methyl/N-ethyl adjacent to an activating group) is 1. The van der Waals surface area contributed by atoms with Crippen LogP contribution < -0.4 is 4.90 Å². The molecule has 33 heavy (non-hydrogen) atoms. The van der Waals surface area contributed by atoms with E-state index in [0.29, 0.717) is 38.9 Å². The number of hydrogen-bond acceptors (Lipinski definition) is 4. The largest absolute Gasteiger partial charge is 0.417 e. The Morgan fingerprint density at radius 1 is 1.15 bits per heavy atom. The highest BCUT2D eigenvalue weighted by Gasteiger charge is 2.49. The highest BCUT2D eigenvalue weighted by Crippen LogP contribution is 2.46. The van der Waals surface area contributed by atoms with Gasteiger partial charge in [-0.1, -0.05) is 20.8 Å². The van der Waals surface area contributed by atoms with Gasteiger partial charge >= 0.3 is 6.18 Å². The Balaban J connectivity index is 1.92. The number of carbonyl (C=O) groups excluding carboxylic acids is 2. The summed E-state index contributed by atoms with van der Waals surface area (Å²) in [5.41, 5.74) is -1.90. The van der Waals surface area contributed by atoms with Crippen molar-refractivity contribution in [2.75, 3.05) is 38.6 Å². The zero-order chi connectivity index (χ0) is 24.8. The average Bonchev–Trinajstić information content (AvgIpc) is 3.10. The van der Waals surface area contributed by atoms with Crippen LogP contribution in [0.1, 0.15) is 51.2 Å². The number of nitriles is 1. The Bertz CT molecular complexity index is 967. The van der Waals surface area contributed by atoms with Gasteiger partial charge in [0.2, 0.25) is 11.8 Å². The summed E-state index contributed by atoms with van der Waals surface area (Å²) in [7, 11) is 3.27. The number of hydrogen-bond donors (Lipinski definition) is 0. The lowest BCUT2D eigenvalue weighted by Gasteiger charge is -2.41. The molecule has 0 aliphatic carbocycles. The fourth-order valence-electron chi connectivity index (χ4n) is 4.91. The van der Waals surface area contributed by atoms with Crippen molar-refractivity contribution in [3.05, 3.63) is 29.3 Å². The second-order valence-electron chi connectivity index (χ2n) is 10.5. The summed E-state index contributed by atoms with van der Waals surface area (Å²) in [6.45, 7) is 7.20. The molecule has 1 aromatic rings. The van der Waals surface area contributed by atoms with Crippen molar-refractivity contribution in [2.24, 2.45) is 10.8 Å². The summed E-state index contributed by atoms with van der Waals surface area (Å²) in [6.07, 6.45) is -2.78. The monoisotopic (exact) mass is 464 g/mol. The van der Waals surface area contributed by atoms with Gasteiger partial charge in [-0.3, -0.25) is 9.59 Å². The zero-order valence-electron chi connectivity index (χ0n) is 19.8. The van der Waals surface area contributed by atoms with E-state index >= 15 is 0 Å². The van der Waals surface area contributed by atoms with Gasteiger partial charge in [-0.2, -0.15) is 18.4 Å². The van der Waals surface area contributed by atoms with Crippen LogP contribution in [0.5, 0.6) is 0 Å². The lowest BCUT2D eigenvalue weighted by molar-refractivity contribution is -0.142. The van der Waals surface area contributed by atoms with Crippen LogP contribution in [0.15, 0.2) is 18.2 Å². The van der Waals surface area contributed by atoms with E-state index in [1.807, 2.05) is 25.7 Å². The summed E-state index contributed by atoms with van der Waals surface area (Å²) in [6, 6.07) is 4.64. The number of piperidine rings is 1. The van der Waals surface area contributed by atoms with E-state index in [0.717, 1.165) is 6.07 Å². The molecule has 0 bridgehead atoms. The normalized spacial score (nSPS) is 20.6. The van der Waals surface area contributed by atoms with Gasteiger partial charge in [-0.15, -0.1) is 0 Å². The van der Waals surface area contributed by atoms with Gasteiger partial charge < -0.3 is 14.7 Å². The van der Waals surface area contributed by atoms with Gasteiger partial charge in [0.1, 0.15) is 6.04 Å². The number of benzene rings is 1. The predicted molar refractivity (Wildman–Crippen MR) is 118 cm³/mol. The molecule has 0 N–H and O–H groups in total. The number of likely N-dealkylation sites (tertiary alicyclic amines) is 1. The third-order valence-electron chi connectivity index (χ3n) is 6.75. The third kappa shape index (κ3) is 4.94. The summed E-state index contributed by atoms with van der Waals surface area (Å²) >= 11 is 0. The summed E-state index contributed by atoms with van der Waals surface area (Å²) in [5, 5.41) is 9.12.